The van der Waals surface area contributed by atoms with E-state index in [1.807, 2.05) is 6.08 Å². The predicted molar refractivity (Wildman–Crippen MR) is 108 cm³/mol. The molecule has 0 aliphatic heterocycles. The number of hydrogen-bond donors (Lipinski definition) is 1. The molecule has 0 saturated heterocycles. The molecule has 0 bridgehead atoms. The van der Waals surface area contributed by atoms with E-state index in [-0.39, 0.29) is 5.56 Å². The number of methoxy groups -OCH3 is 1. The Kier molecular flexibility index (Phi) is 5.07. The highest BCUT2D eigenvalue weighted by atomic mass is 32.2. The molecule has 1 aliphatic rings. The van der Waals surface area contributed by atoms with Crippen molar-refractivity contribution >= 4 is 39.3 Å². The van der Waals surface area contributed by atoms with Crippen molar-refractivity contribution in [3.05, 3.63) is 45.1 Å². The highest BCUT2D eigenvalue weighted by Crippen LogP contribution is 2.40. The monoisotopic (exact) mass is 417 g/mol. The number of fused-ring (bicyclic) bond motifs is 1. The lowest BCUT2D eigenvalue weighted by atomic mass is 10.2. The molecule has 1 saturated carbocycles. The van der Waals surface area contributed by atoms with Crippen molar-refractivity contribution in [2.45, 2.75) is 43.1 Å². The number of rotatable bonds is 7. The van der Waals surface area contributed by atoms with Crippen LogP contribution in [0.25, 0.3) is 10.2 Å². The second kappa shape index (κ2) is 7.51. The average Bonchev–Trinajstić information content (AvgIpc) is 3.36. The first-order chi connectivity index (χ1) is 13.5. The number of H-pyrrole nitrogens is 1. The second-order valence-electron chi connectivity index (χ2n) is 6.54. The summed E-state index contributed by atoms with van der Waals surface area (Å²) < 4.78 is 6.85. The minimum Gasteiger partial charge on any atom is -0.465 e. The summed E-state index contributed by atoms with van der Waals surface area (Å²) in [4.78, 5) is 32.7. The molecule has 4 rings (SSSR count). The van der Waals surface area contributed by atoms with E-state index in [1.54, 1.807) is 6.92 Å². The van der Waals surface area contributed by atoms with Gasteiger partial charge in [0, 0.05) is 12.5 Å². The van der Waals surface area contributed by atoms with Crippen molar-refractivity contribution < 1.29 is 9.53 Å². The summed E-state index contributed by atoms with van der Waals surface area (Å²) in [7, 11) is 1.32. The Hall–Kier alpha value is -2.46. The zero-order chi connectivity index (χ0) is 19.8. The van der Waals surface area contributed by atoms with Crippen molar-refractivity contribution in [2.24, 2.45) is 0 Å². The zero-order valence-electron chi connectivity index (χ0n) is 15.5. The van der Waals surface area contributed by atoms with Crippen LogP contribution in [0.1, 0.15) is 45.6 Å². The number of thioether (sulfide) groups is 1. The van der Waals surface area contributed by atoms with Crippen LogP contribution in [-0.2, 0) is 17.0 Å². The third kappa shape index (κ3) is 3.37. The Morgan fingerprint density at radius 3 is 2.93 bits per heavy atom. The third-order valence-corrected chi connectivity index (χ3v) is 6.70. The maximum Gasteiger partial charge on any atom is 0.348 e. The first-order valence-corrected chi connectivity index (χ1v) is 10.6. The number of nitrogens with one attached hydrogen (secondary N) is 1. The van der Waals surface area contributed by atoms with Gasteiger partial charge in [-0.2, -0.15) is 0 Å². The highest BCUT2D eigenvalue weighted by Gasteiger charge is 2.30. The van der Waals surface area contributed by atoms with Crippen LogP contribution >= 0.6 is 23.1 Å². The molecule has 0 spiro atoms. The van der Waals surface area contributed by atoms with E-state index in [0.29, 0.717) is 44.7 Å². The third-order valence-electron chi connectivity index (χ3n) is 4.56. The van der Waals surface area contributed by atoms with Gasteiger partial charge in [0.15, 0.2) is 5.16 Å². The molecule has 1 aliphatic carbocycles. The Morgan fingerprint density at radius 1 is 1.46 bits per heavy atom. The summed E-state index contributed by atoms with van der Waals surface area (Å²) in [5.41, 5.74) is 0.343. The number of carbonyl (C=O) groups excluding carboxylic acids is 1. The molecule has 0 amide bonds. The van der Waals surface area contributed by atoms with Crippen LogP contribution in [0.2, 0.25) is 0 Å². The molecule has 0 radical (unpaired) electrons. The molecular formula is C18H19N5O3S2. The van der Waals surface area contributed by atoms with Crippen molar-refractivity contribution in [3.63, 3.8) is 0 Å². The van der Waals surface area contributed by atoms with E-state index in [4.69, 9.17) is 4.74 Å². The summed E-state index contributed by atoms with van der Waals surface area (Å²) in [6.45, 7) is 6.19. The van der Waals surface area contributed by atoms with Crippen LogP contribution in [-0.4, -0.2) is 37.8 Å². The lowest BCUT2D eigenvalue weighted by Gasteiger charge is -2.06. The standard InChI is InChI=1S/C18H19N5O3S2/c1-4-7-23-14(10-5-6-10)21-22-18(23)27-8-11-19-15(24)12-9(2)13(17(25)26-3)28-16(12)20-11/h4,10H,1,5-8H2,2-3H3,(H,19,20,24). The van der Waals surface area contributed by atoms with Crippen molar-refractivity contribution in [3.8, 4) is 0 Å². The summed E-state index contributed by atoms with van der Waals surface area (Å²) in [5, 5.41) is 9.84. The van der Waals surface area contributed by atoms with Gasteiger partial charge < -0.3 is 14.3 Å². The molecule has 0 aromatic carbocycles. The van der Waals surface area contributed by atoms with E-state index < -0.39 is 5.97 Å². The molecule has 146 valence electrons. The van der Waals surface area contributed by atoms with Crippen molar-refractivity contribution in [1.82, 2.24) is 24.7 Å². The van der Waals surface area contributed by atoms with E-state index >= 15 is 0 Å². The molecule has 0 unspecified atom stereocenters. The minimum absolute atomic E-state index is 0.254. The maximum atomic E-state index is 12.5. The predicted octanol–water partition coefficient (Wildman–Crippen LogP) is 3.03. The van der Waals surface area contributed by atoms with E-state index in [1.165, 1.54) is 30.2 Å². The van der Waals surface area contributed by atoms with E-state index in [2.05, 4.69) is 31.3 Å². The lowest BCUT2D eigenvalue weighted by Crippen LogP contribution is -2.11. The Bertz CT molecular complexity index is 1130. The molecule has 28 heavy (non-hydrogen) atoms. The number of aromatic nitrogens is 5. The van der Waals surface area contributed by atoms with Crippen LogP contribution < -0.4 is 5.56 Å². The number of allylic oxidation sites excluding steroid dienone is 1. The molecular weight excluding hydrogens is 398 g/mol. The second-order valence-corrected chi connectivity index (χ2v) is 8.49. The first kappa shape index (κ1) is 18.9. The van der Waals surface area contributed by atoms with Crippen LogP contribution in [0.3, 0.4) is 0 Å². The van der Waals surface area contributed by atoms with Crippen molar-refractivity contribution in [2.75, 3.05) is 7.11 Å². The molecule has 1 N–H and O–H groups in total. The topological polar surface area (TPSA) is 103 Å². The summed E-state index contributed by atoms with van der Waals surface area (Å²) in [6, 6.07) is 0. The molecule has 3 heterocycles. The molecule has 0 atom stereocenters. The van der Waals surface area contributed by atoms with Crippen LogP contribution in [0.4, 0.5) is 0 Å². The van der Waals surface area contributed by atoms with Gasteiger partial charge in [-0.15, -0.1) is 28.1 Å². The van der Waals surface area contributed by atoms with Gasteiger partial charge in [0.25, 0.3) is 5.56 Å². The molecule has 1 fully saturated rings. The summed E-state index contributed by atoms with van der Waals surface area (Å²) >= 11 is 2.64. The summed E-state index contributed by atoms with van der Waals surface area (Å²) in [5.74, 6) is 2.00. The smallest absolute Gasteiger partial charge is 0.348 e. The van der Waals surface area contributed by atoms with Gasteiger partial charge in [0.2, 0.25) is 0 Å². The normalized spacial score (nSPS) is 13.8. The number of thiophene rings is 1. The Morgan fingerprint density at radius 2 is 2.25 bits per heavy atom. The van der Waals surface area contributed by atoms with Crippen molar-refractivity contribution in [1.29, 1.82) is 0 Å². The fraction of sp³-hybridized carbons (Fsp3) is 0.389. The van der Waals surface area contributed by atoms with Gasteiger partial charge in [0.05, 0.1) is 18.2 Å². The quantitative estimate of drug-likeness (QED) is 0.358. The van der Waals surface area contributed by atoms with Crippen LogP contribution in [0.15, 0.2) is 22.6 Å². The van der Waals surface area contributed by atoms with Crippen LogP contribution in [0, 0.1) is 6.92 Å². The number of carbonyl (C=O) groups is 1. The zero-order valence-corrected chi connectivity index (χ0v) is 17.2. The molecule has 10 heteroatoms. The maximum absolute atomic E-state index is 12.5. The van der Waals surface area contributed by atoms with E-state index in [0.717, 1.165) is 23.8 Å². The van der Waals surface area contributed by atoms with E-state index in [9.17, 15) is 9.59 Å². The largest absolute Gasteiger partial charge is 0.465 e. The minimum atomic E-state index is -0.457. The molecule has 3 aromatic heterocycles. The first-order valence-electron chi connectivity index (χ1n) is 8.80. The SMILES string of the molecule is C=CCn1c(SCc2nc3sc(C(=O)OC)c(C)c3c(=O)[nH]2)nnc1C1CC1. The Balaban J connectivity index is 1.61. The Labute approximate surface area is 169 Å². The van der Waals surface area contributed by atoms with Gasteiger partial charge >= 0.3 is 5.97 Å². The number of aryl methyl sites for hydroxylation is 1. The molecule has 8 nitrogen and oxygen atoms in total. The van der Waals surface area contributed by atoms with Gasteiger partial charge in [-0.3, -0.25) is 4.79 Å². The van der Waals surface area contributed by atoms with Crippen LogP contribution in [0.5, 0.6) is 0 Å². The number of ether oxygens (including phenoxy) is 1. The summed E-state index contributed by atoms with van der Waals surface area (Å²) in [6.07, 6.45) is 4.12. The molecule has 3 aromatic rings. The highest BCUT2D eigenvalue weighted by molar-refractivity contribution is 7.98. The van der Waals surface area contributed by atoms with Gasteiger partial charge in [-0.1, -0.05) is 17.8 Å². The fourth-order valence-electron chi connectivity index (χ4n) is 3.03. The average molecular weight is 418 g/mol. The lowest BCUT2D eigenvalue weighted by molar-refractivity contribution is 0.0605. The number of nitrogens with zero attached hydrogens (tertiary/aromatic N) is 4. The fourth-order valence-corrected chi connectivity index (χ4v) is 4.97. The van der Waals surface area contributed by atoms with Gasteiger partial charge in [-0.05, 0) is 25.3 Å². The van der Waals surface area contributed by atoms with Gasteiger partial charge in [0.1, 0.15) is 21.4 Å². The van der Waals surface area contributed by atoms with Gasteiger partial charge in [-0.25, -0.2) is 9.78 Å². The number of esters is 1. The number of hydrogen-bond acceptors (Lipinski definition) is 8. The number of aromatic amines is 1.